The van der Waals surface area contributed by atoms with Gasteiger partial charge in [0.25, 0.3) is 5.91 Å². The summed E-state index contributed by atoms with van der Waals surface area (Å²) in [5.74, 6) is 0.170. The quantitative estimate of drug-likeness (QED) is 0.598. The van der Waals surface area contributed by atoms with Gasteiger partial charge in [-0.3, -0.25) is 4.79 Å². The number of carbonyl (C=O) groups excluding carboxylic acids is 1. The Bertz CT molecular complexity index is 941. The van der Waals surface area contributed by atoms with E-state index in [1.165, 1.54) is 0 Å². The molecule has 0 aliphatic carbocycles. The molecule has 6 nitrogen and oxygen atoms in total. The fourth-order valence-electron chi connectivity index (χ4n) is 2.87. The van der Waals surface area contributed by atoms with Crippen LogP contribution < -0.4 is 10.6 Å². The molecule has 0 atom stereocenters. The zero-order valence-electron chi connectivity index (χ0n) is 16.1. The first-order valence-electron chi connectivity index (χ1n) is 9.40. The summed E-state index contributed by atoms with van der Waals surface area (Å²) < 4.78 is 0. The first-order chi connectivity index (χ1) is 13.6. The molecule has 0 bridgehead atoms. The van der Waals surface area contributed by atoms with Crippen molar-refractivity contribution >= 4 is 40.0 Å². The van der Waals surface area contributed by atoms with E-state index < -0.39 is 0 Å². The maximum atomic E-state index is 12.8. The lowest BCUT2D eigenvalue weighted by molar-refractivity contribution is 0.0945. The Morgan fingerprint density at radius 1 is 1.00 bits per heavy atom. The van der Waals surface area contributed by atoms with E-state index in [-0.39, 0.29) is 11.6 Å². The summed E-state index contributed by atoms with van der Waals surface area (Å²) in [6.07, 6.45) is 0. The highest BCUT2D eigenvalue weighted by atomic mass is 35.5. The lowest BCUT2D eigenvalue weighted by atomic mass is 10.2. The second kappa shape index (κ2) is 9.48. The number of nitrogens with one attached hydrogen (secondary N) is 2. The SMILES string of the molecule is CCN(CC)CCNC(=O)c1nc2ccccc2nc1Nc1ccc(Cl)cc1. The predicted octanol–water partition coefficient (Wildman–Crippen LogP) is 4.10. The van der Waals surface area contributed by atoms with Crippen molar-refractivity contribution in [2.24, 2.45) is 0 Å². The number of amides is 1. The minimum Gasteiger partial charge on any atom is -0.349 e. The van der Waals surface area contributed by atoms with Gasteiger partial charge in [-0.25, -0.2) is 9.97 Å². The van der Waals surface area contributed by atoms with Gasteiger partial charge in [0.15, 0.2) is 11.5 Å². The van der Waals surface area contributed by atoms with Gasteiger partial charge in [0.2, 0.25) is 0 Å². The highest BCUT2D eigenvalue weighted by Crippen LogP contribution is 2.22. The number of nitrogens with zero attached hydrogens (tertiary/aromatic N) is 3. The third kappa shape index (κ3) is 4.97. The zero-order chi connectivity index (χ0) is 19.9. The molecule has 0 unspecified atom stereocenters. The molecule has 3 rings (SSSR count). The Morgan fingerprint density at radius 3 is 2.29 bits per heavy atom. The number of fused-ring (bicyclic) bond motifs is 1. The van der Waals surface area contributed by atoms with E-state index in [1.54, 1.807) is 12.1 Å². The Labute approximate surface area is 169 Å². The number of likely N-dealkylation sites (N-methyl/N-ethyl adjacent to an activating group) is 1. The Morgan fingerprint density at radius 2 is 1.64 bits per heavy atom. The van der Waals surface area contributed by atoms with Crippen LogP contribution in [0.3, 0.4) is 0 Å². The minimum atomic E-state index is -0.248. The molecule has 146 valence electrons. The maximum absolute atomic E-state index is 12.8. The molecule has 1 aromatic heterocycles. The number of anilines is 2. The molecule has 28 heavy (non-hydrogen) atoms. The van der Waals surface area contributed by atoms with Crippen LogP contribution in [0.2, 0.25) is 5.02 Å². The normalized spacial score (nSPS) is 11.0. The molecule has 7 heteroatoms. The summed E-state index contributed by atoms with van der Waals surface area (Å²) in [4.78, 5) is 24.2. The van der Waals surface area contributed by atoms with Crippen molar-refractivity contribution in [3.8, 4) is 0 Å². The lowest BCUT2D eigenvalue weighted by Crippen LogP contribution is -2.35. The standard InChI is InChI=1S/C21H24ClN5O/c1-3-27(4-2)14-13-23-21(28)19-20(24-16-11-9-15(22)10-12-16)26-18-8-6-5-7-17(18)25-19/h5-12H,3-4,13-14H2,1-2H3,(H,23,28)(H,24,26). The van der Waals surface area contributed by atoms with E-state index in [9.17, 15) is 4.79 Å². The van der Waals surface area contributed by atoms with Gasteiger partial charge < -0.3 is 15.5 Å². The van der Waals surface area contributed by atoms with Crippen molar-refractivity contribution in [1.29, 1.82) is 0 Å². The van der Waals surface area contributed by atoms with Crippen molar-refractivity contribution < 1.29 is 4.79 Å². The number of hydrogen-bond acceptors (Lipinski definition) is 5. The van der Waals surface area contributed by atoms with E-state index in [4.69, 9.17) is 11.6 Å². The zero-order valence-corrected chi connectivity index (χ0v) is 16.8. The van der Waals surface area contributed by atoms with Crippen LogP contribution in [0, 0.1) is 0 Å². The van der Waals surface area contributed by atoms with Crippen molar-refractivity contribution in [2.45, 2.75) is 13.8 Å². The molecule has 0 aliphatic heterocycles. The molecular formula is C21H24ClN5O. The second-order valence-corrected chi connectivity index (χ2v) is 6.76. The molecule has 1 heterocycles. The molecule has 0 aliphatic rings. The third-order valence-corrected chi connectivity index (χ3v) is 4.75. The molecular weight excluding hydrogens is 374 g/mol. The van der Waals surface area contributed by atoms with Gasteiger partial charge in [0, 0.05) is 23.8 Å². The molecule has 2 aromatic carbocycles. The monoisotopic (exact) mass is 397 g/mol. The molecule has 0 saturated carbocycles. The summed E-state index contributed by atoms with van der Waals surface area (Å²) >= 11 is 5.96. The Kier molecular flexibility index (Phi) is 6.79. The predicted molar refractivity (Wildman–Crippen MR) is 114 cm³/mol. The summed E-state index contributed by atoms with van der Waals surface area (Å²) in [5.41, 5.74) is 2.45. The average Bonchev–Trinajstić information content (AvgIpc) is 2.72. The van der Waals surface area contributed by atoms with Gasteiger partial charge in [-0.1, -0.05) is 37.6 Å². The van der Waals surface area contributed by atoms with Crippen molar-refractivity contribution in [1.82, 2.24) is 20.2 Å². The summed E-state index contributed by atoms with van der Waals surface area (Å²) in [6, 6.07) is 14.7. The van der Waals surface area contributed by atoms with Crippen molar-refractivity contribution in [3.05, 3.63) is 59.2 Å². The van der Waals surface area contributed by atoms with Crippen LogP contribution in [0.4, 0.5) is 11.5 Å². The number of halogens is 1. The molecule has 0 radical (unpaired) electrons. The van der Waals surface area contributed by atoms with Crippen LogP contribution in [0.5, 0.6) is 0 Å². The topological polar surface area (TPSA) is 70.2 Å². The highest BCUT2D eigenvalue weighted by Gasteiger charge is 2.17. The van der Waals surface area contributed by atoms with Crippen LogP contribution in [0.25, 0.3) is 11.0 Å². The molecule has 2 N–H and O–H groups in total. The third-order valence-electron chi connectivity index (χ3n) is 4.50. The molecule has 0 spiro atoms. The van der Waals surface area contributed by atoms with E-state index in [2.05, 4.69) is 39.3 Å². The number of hydrogen-bond donors (Lipinski definition) is 2. The summed E-state index contributed by atoms with van der Waals surface area (Å²) in [5, 5.41) is 6.79. The number of carbonyl (C=O) groups is 1. The van der Waals surface area contributed by atoms with E-state index >= 15 is 0 Å². The highest BCUT2D eigenvalue weighted by molar-refractivity contribution is 6.30. The summed E-state index contributed by atoms with van der Waals surface area (Å²) in [6.45, 7) is 7.45. The molecule has 1 amide bonds. The fourth-order valence-corrected chi connectivity index (χ4v) is 2.99. The van der Waals surface area contributed by atoms with Gasteiger partial charge in [-0.05, 0) is 49.5 Å². The van der Waals surface area contributed by atoms with Crippen LogP contribution in [-0.4, -0.2) is 47.0 Å². The smallest absolute Gasteiger partial charge is 0.273 e. The van der Waals surface area contributed by atoms with Gasteiger partial charge in [-0.2, -0.15) is 0 Å². The van der Waals surface area contributed by atoms with E-state index in [0.717, 1.165) is 30.8 Å². The Balaban J connectivity index is 1.85. The second-order valence-electron chi connectivity index (χ2n) is 6.32. The number of aromatic nitrogens is 2. The van der Waals surface area contributed by atoms with Gasteiger partial charge in [0.1, 0.15) is 0 Å². The number of para-hydroxylation sites is 2. The first-order valence-corrected chi connectivity index (χ1v) is 9.78. The lowest BCUT2D eigenvalue weighted by Gasteiger charge is -2.18. The van der Waals surface area contributed by atoms with E-state index in [0.29, 0.717) is 22.9 Å². The van der Waals surface area contributed by atoms with Crippen LogP contribution in [0.15, 0.2) is 48.5 Å². The average molecular weight is 398 g/mol. The maximum Gasteiger partial charge on any atom is 0.273 e. The van der Waals surface area contributed by atoms with Crippen LogP contribution in [0.1, 0.15) is 24.3 Å². The molecule has 3 aromatic rings. The van der Waals surface area contributed by atoms with Crippen LogP contribution in [-0.2, 0) is 0 Å². The van der Waals surface area contributed by atoms with Crippen molar-refractivity contribution in [2.75, 3.05) is 31.5 Å². The van der Waals surface area contributed by atoms with Crippen molar-refractivity contribution in [3.63, 3.8) is 0 Å². The largest absolute Gasteiger partial charge is 0.349 e. The minimum absolute atomic E-state index is 0.248. The van der Waals surface area contributed by atoms with Gasteiger partial charge >= 0.3 is 0 Å². The fraction of sp³-hybridized carbons (Fsp3) is 0.286. The van der Waals surface area contributed by atoms with E-state index in [1.807, 2.05) is 36.4 Å². The van der Waals surface area contributed by atoms with Gasteiger partial charge in [-0.15, -0.1) is 0 Å². The van der Waals surface area contributed by atoms with Crippen LogP contribution >= 0.6 is 11.6 Å². The Hall–Kier alpha value is -2.70. The summed E-state index contributed by atoms with van der Waals surface area (Å²) in [7, 11) is 0. The van der Waals surface area contributed by atoms with Gasteiger partial charge in [0.05, 0.1) is 11.0 Å². The number of benzene rings is 2. The molecule has 0 fully saturated rings. The number of rotatable bonds is 8. The first kappa shape index (κ1) is 20.0. The molecule has 0 saturated heterocycles.